The van der Waals surface area contributed by atoms with Gasteiger partial charge in [0.1, 0.15) is 5.82 Å². The molecule has 0 aromatic carbocycles. The van der Waals surface area contributed by atoms with Gasteiger partial charge in [-0.1, -0.05) is 26.8 Å². The first kappa shape index (κ1) is 12.1. The molecule has 17 heavy (non-hydrogen) atoms. The second-order valence-corrected chi connectivity index (χ2v) is 4.75. The van der Waals surface area contributed by atoms with Gasteiger partial charge in [0.25, 0.3) is 0 Å². The molecule has 0 aliphatic rings. The highest BCUT2D eigenvalue weighted by molar-refractivity contribution is 5.54. The number of hydrogen-bond donors (Lipinski definition) is 1. The van der Waals surface area contributed by atoms with Gasteiger partial charge in [-0.2, -0.15) is 0 Å². The van der Waals surface area contributed by atoms with Crippen LogP contribution in [0.3, 0.4) is 0 Å². The van der Waals surface area contributed by atoms with E-state index in [1.807, 2.05) is 7.05 Å². The number of fused-ring (bicyclic) bond motifs is 1. The van der Waals surface area contributed by atoms with Crippen LogP contribution in [0, 0.1) is 0 Å². The number of imidazole rings is 1. The van der Waals surface area contributed by atoms with Crippen molar-refractivity contribution in [2.24, 2.45) is 0 Å². The second kappa shape index (κ2) is 4.88. The first-order valence-corrected chi connectivity index (χ1v) is 6.31. The quantitative estimate of drug-likeness (QED) is 0.876. The van der Waals surface area contributed by atoms with Crippen LogP contribution in [-0.4, -0.2) is 16.4 Å². The van der Waals surface area contributed by atoms with Gasteiger partial charge in [0, 0.05) is 18.7 Å². The lowest BCUT2D eigenvalue weighted by Gasteiger charge is -2.05. The SMILES string of the molecule is CCc1ccc2c(CNC)nc(C(C)C)n2c1. The Morgan fingerprint density at radius 2 is 2.12 bits per heavy atom. The number of nitrogens with one attached hydrogen (secondary N) is 1. The van der Waals surface area contributed by atoms with Crippen molar-refractivity contribution < 1.29 is 0 Å². The summed E-state index contributed by atoms with van der Waals surface area (Å²) in [5, 5.41) is 3.18. The second-order valence-electron chi connectivity index (χ2n) is 4.75. The molecule has 3 heteroatoms. The Morgan fingerprint density at radius 3 is 2.71 bits per heavy atom. The summed E-state index contributed by atoms with van der Waals surface area (Å²) in [6, 6.07) is 4.38. The minimum Gasteiger partial charge on any atom is -0.314 e. The summed E-state index contributed by atoms with van der Waals surface area (Å²) in [7, 11) is 1.96. The predicted octanol–water partition coefficient (Wildman–Crippen LogP) is 2.74. The van der Waals surface area contributed by atoms with E-state index in [9.17, 15) is 0 Å². The van der Waals surface area contributed by atoms with Gasteiger partial charge in [-0.3, -0.25) is 0 Å². The van der Waals surface area contributed by atoms with Crippen LogP contribution in [0.4, 0.5) is 0 Å². The molecule has 2 aromatic rings. The molecule has 0 aliphatic carbocycles. The van der Waals surface area contributed by atoms with Crippen molar-refractivity contribution in [3.63, 3.8) is 0 Å². The molecule has 2 rings (SSSR count). The average Bonchev–Trinajstić information content (AvgIpc) is 2.68. The smallest absolute Gasteiger partial charge is 0.116 e. The lowest BCUT2D eigenvalue weighted by Crippen LogP contribution is -2.05. The summed E-state index contributed by atoms with van der Waals surface area (Å²) >= 11 is 0. The number of rotatable bonds is 4. The molecule has 0 aliphatic heterocycles. The molecule has 2 aromatic heterocycles. The van der Waals surface area contributed by atoms with Gasteiger partial charge in [0.05, 0.1) is 11.2 Å². The zero-order valence-corrected chi connectivity index (χ0v) is 11.1. The first-order valence-electron chi connectivity index (χ1n) is 6.31. The maximum absolute atomic E-state index is 4.75. The summed E-state index contributed by atoms with van der Waals surface area (Å²) in [5.74, 6) is 1.60. The van der Waals surface area contributed by atoms with Crippen LogP contribution in [0.2, 0.25) is 0 Å². The van der Waals surface area contributed by atoms with Crippen LogP contribution >= 0.6 is 0 Å². The van der Waals surface area contributed by atoms with Crippen LogP contribution < -0.4 is 5.32 Å². The molecule has 0 unspecified atom stereocenters. The minimum atomic E-state index is 0.445. The monoisotopic (exact) mass is 231 g/mol. The Labute approximate surface area is 103 Å². The van der Waals surface area contributed by atoms with E-state index in [0.717, 1.165) is 24.5 Å². The summed E-state index contributed by atoms with van der Waals surface area (Å²) < 4.78 is 2.25. The van der Waals surface area contributed by atoms with Crippen LogP contribution in [0.15, 0.2) is 18.3 Å². The summed E-state index contributed by atoms with van der Waals surface area (Å²) in [5.41, 5.74) is 3.71. The van der Waals surface area contributed by atoms with Crippen LogP contribution in [0.25, 0.3) is 5.52 Å². The normalized spacial score (nSPS) is 11.6. The lowest BCUT2D eigenvalue weighted by atomic mass is 10.2. The van der Waals surface area contributed by atoms with Crippen molar-refractivity contribution in [2.45, 2.75) is 39.7 Å². The fourth-order valence-electron chi connectivity index (χ4n) is 2.13. The molecule has 0 radical (unpaired) electrons. The van der Waals surface area contributed by atoms with Gasteiger partial charge in [0.15, 0.2) is 0 Å². The van der Waals surface area contributed by atoms with E-state index in [2.05, 4.69) is 48.8 Å². The number of aryl methyl sites for hydroxylation is 1. The average molecular weight is 231 g/mol. The highest BCUT2D eigenvalue weighted by atomic mass is 15.0. The van der Waals surface area contributed by atoms with Crippen molar-refractivity contribution in [1.82, 2.24) is 14.7 Å². The number of pyridine rings is 1. The van der Waals surface area contributed by atoms with E-state index in [1.54, 1.807) is 0 Å². The first-order chi connectivity index (χ1) is 8.17. The van der Waals surface area contributed by atoms with E-state index < -0.39 is 0 Å². The molecule has 0 amide bonds. The summed E-state index contributed by atoms with van der Waals surface area (Å²) in [6.45, 7) is 7.39. The molecule has 0 atom stereocenters. The molecule has 92 valence electrons. The fourth-order valence-corrected chi connectivity index (χ4v) is 2.13. The van der Waals surface area contributed by atoms with Gasteiger partial charge in [0.2, 0.25) is 0 Å². The van der Waals surface area contributed by atoms with Crippen LogP contribution in [0.1, 0.15) is 43.8 Å². The third kappa shape index (κ3) is 2.20. The van der Waals surface area contributed by atoms with Gasteiger partial charge in [-0.25, -0.2) is 4.98 Å². The van der Waals surface area contributed by atoms with E-state index in [4.69, 9.17) is 4.98 Å². The molecule has 0 bridgehead atoms. The van der Waals surface area contributed by atoms with Gasteiger partial charge in [-0.05, 0) is 25.1 Å². The largest absolute Gasteiger partial charge is 0.314 e. The van der Waals surface area contributed by atoms with Gasteiger partial charge >= 0.3 is 0 Å². The molecule has 3 nitrogen and oxygen atoms in total. The maximum atomic E-state index is 4.75. The number of hydrogen-bond acceptors (Lipinski definition) is 2. The van der Waals surface area contributed by atoms with Crippen molar-refractivity contribution in [3.05, 3.63) is 35.4 Å². The van der Waals surface area contributed by atoms with Crippen LogP contribution in [0.5, 0.6) is 0 Å². The van der Waals surface area contributed by atoms with E-state index in [1.165, 1.54) is 11.1 Å². The minimum absolute atomic E-state index is 0.445. The highest BCUT2D eigenvalue weighted by Gasteiger charge is 2.13. The van der Waals surface area contributed by atoms with E-state index in [-0.39, 0.29) is 0 Å². The topological polar surface area (TPSA) is 29.3 Å². The Bertz CT molecular complexity index is 511. The third-order valence-corrected chi connectivity index (χ3v) is 3.07. The van der Waals surface area contributed by atoms with E-state index >= 15 is 0 Å². The zero-order valence-electron chi connectivity index (χ0n) is 11.1. The summed E-state index contributed by atoms with van der Waals surface area (Å²) in [4.78, 5) is 4.75. The molecular weight excluding hydrogens is 210 g/mol. The summed E-state index contributed by atoms with van der Waals surface area (Å²) in [6.07, 6.45) is 3.28. The molecular formula is C14H21N3. The molecule has 0 saturated carbocycles. The Balaban J connectivity index is 2.63. The third-order valence-electron chi connectivity index (χ3n) is 3.07. The van der Waals surface area contributed by atoms with Crippen molar-refractivity contribution in [2.75, 3.05) is 7.05 Å². The molecule has 0 saturated heterocycles. The van der Waals surface area contributed by atoms with Crippen molar-refractivity contribution >= 4 is 5.52 Å². The van der Waals surface area contributed by atoms with Crippen molar-refractivity contribution in [3.8, 4) is 0 Å². The standard InChI is InChI=1S/C14H21N3/c1-5-11-6-7-13-12(8-15-4)16-14(10(2)3)17(13)9-11/h6-7,9-10,15H,5,8H2,1-4H3. The lowest BCUT2D eigenvalue weighted by molar-refractivity contribution is 0.750. The Morgan fingerprint density at radius 1 is 1.35 bits per heavy atom. The Kier molecular flexibility index (Phi) is 3.48. The van der Waals surface area contributed by atoms with E-state index in [0.29, 0.717) is 5.92 Å². The predicted molar refractivity (Wildman–Crippen MR) is 71.4 cm³/mol. The molecule has 1 N–H and O–H groups in total. The number of aromatic nitrogens is 2. The molecule has 0 spiro atoms. The van der Waals surface area contributed by atoms with Gasteiger partial charge < -0.3 is 9.72 Å². The molecule has 2 heterocycles. The highest BCUT2D eigenvalue weighted by Crippen LogP contribution is 2.20. The fraction of sp³-hybridized carbons (Fsp3) is 0.500. The Hall–Kier alpha value is -1.35. The molecule has 0 fully saturated rings. The van der Waals surface area contributed by atoms with Crippen molar-refractivity contribution in [1.29, 1.82) is 0 Å². The maximum Gasteiger partial charge on any atom is 0.116 e. The van der Waals surface area contributed by atoms with Crippen LogP contribution in [-0.2, 0) is 13.0 Å². The van der Waals surface area contributed by atoms with Gasteiger partial charge in [-0.15, -0.1) is 0 Å². The zero-order chi connectivity index (χ0) is 12.4. The number of nitrogens with zero attached hydrogens (tertiary/aromatic N) is 2.